The number of pyridine rings is 1. The van der Waals surface area contributed by atoms with Crippen LogP contribution in [0.1, 0.15) is 69.1 Å². The molecule has 4 fully saturated rings. The second kappa shape index (κ2) is 14.4. The molecule has 4 aliphatic rings. The van der Waals surface area contributed by atoms with Gasteiger partial charge in [-0.25, -0.2) is 22.0 Å². The van der Waals surface area contributed by atoms with Gasteiger partial charge >= 0.3 is 6.01 Å². The number of anilines is 2. The van der Waals surface area contributed by atoms with Gasteiger partial charge in [0.05, 0.1) is 38.5 Å². The minimum absolute atomic E-state index is 0.0381. The zero-order valence-electron chi connectivity index (χ0n) is 34.5. The number of nitrogens with two attached hydrogens (primary N) is 1. The highest BCUT2D eigenvalue weighted by molar-refractivity contribution is 6.90. The van der Waals surface area contributed by atoms with Crippen LogP contribution in [0.25, 0.3) is 32.9 Å². The van der Waals surface area contributed by atoms with Gasteiger partial charge in [0.25, 0.3) is 0 Å². The maximum atomic E-state index is 17.5. The first-order valence-corrected chi connectivity index (χ1v) is 21.8. The molecule has 3 aliphatic heterocycles. The van der Waals surface area contributed by atoms with E-state index in [1.807, 2.05) is 0 Å². The standard InChI is InChI=1S/C42H49F5N6O2Si/c1-22(2)56(23(3)4,24(5)6)13-8-28-33-25(15-32(44)34(28)45)14-27(48)16-29(33)37-36(47)38-30(18-49-37)40(53-11-12-54-20-31-35(46)39(31)53)51-41(50-38)55-21-42-9-7-10-52(42)19-26(43)17-42/h14-16,18,22-24,26,31,35,39H,7,9-12,17,19-21,48H2,1-6H3/t26-,31-,35+,39-,42+/m1/s1/i21D2. The fourth-order valence-electron chi connectivity index (χ4n) is 9.98. The minimum atomic E-state index is -2.51. The van der Waals surface area contributed by atoms with E-state index in [-0.39, 0.29) is 99.3 Å². The number of nitrogen functional groups attached to an aromatic ring is 1. The molecule has 5 heterocycles. The monoisotopic (exact) mass is 794 g/mol. The van der Waals surface area contributed by atoms with Crippen LogP contribution in [0.2, 0.25) is 16.6 Å². The molecule has 2 aromatic heterocycles. The molecular weight excluding hydrogens is 744 g/mol. The van der Waals surface area contributed by atoms with Gasteiger partial charge in [0.2, 0.25) is 0 Å². The van der Waals surface area contributed by atoms with Gasteiger partial charge in [-0.05, 0) is 59.6 Å². The lowest BCUT2D eigenvalue weighted by Crippen LogP contribution is -2.43. The molecule has 0 bridgehead atoms. The Labute approximate surface area is 328 Å². The fourth-order valence-corrected chi connectivity index (χ4v) is 15.2. The van der Waals surface area contributed by atoms with Crippen molar-refractivity contribution < 1.29 is 34.2 Å². The van der Waals surface area contributed by atoms with Crippen molar-refractivity contribution in [3.8, 4) is 28.7 Å². The third-order valence-electron chi connectivity index (χ3n) is 12.7. The number of hydrogen-bond acceptors (Lipinski definition) is 8. The van der Waals surface area contributed by atoms with E-state index in [9.17, 15) is 4.39 Å². The largest absolute Gasteiger partial charge is 0.461 e. The number of fused-ring (bicyclic) bond motifs is 4. The third kappa shape index (κ3) is 6.29. The molecule has 8 nitrogen and oxygen atoms in total. The highest BCUT2D eigenvalue weighted by Gasteiger charge is 2.56. The molecule has 3 saturated heterocycles. The van der Waals surface area contributed by atoms with E-state index in [1.54, 1.807) is 9.80 Å². The van der Waals surface area contributed by atoms with Gasteiger partial charge in [0.15, 0.2) is 17.5 Å². The van der Waals surface area contributed by atoms with Crippen LogP contribution < -0.4 is 15.4 Å². The number of halogens is 5. The molecule has 56 heavy (non-hydrogen) atoms. The number of nitrogens with zero attached hydrogens (tertiary/aromatic N) is 5. The Kier molecular flexibility index (Phi) is 9.33. The van der Waals surface area contributed by atoms with Crippen molar-refractivity contribution >= 4 is 41.3 Å². The van der Waals surface area contributed by atoms with E-state index in [2.05, 4.69) is 68.0 Å². The summed E-state index contributed by atoms with van der Waals surface area (Å²) in [5.74, 6) is -0.645. The Morgan fingerprint density at radius 2 is 1.80 bits per heavy atom. The van der Waals surface area contributed by atoms with Crippen molar-refractivity contribution in [1.82, 2.24) is 19.9 Å². The van der Waals surface area contributed by atoms with Crippen molar-refractivity contribution in [3.05, 3.63) is 47.4 Å². The summed E-state index contributed by atoms with van der Waals surface area (Å²) < 4.78 is 109. The Morgan fingerprint density at radius 3 is 2.54 bits per heavy atom. The zero-order chi connectivity index (χ0) is 41.6. The number of hydrogen-bond donors (Lipinski definition) is 1. The van der Waals surface area contributed by atoms with E-state index in [1.165, 1.54) is 18.3 Å². The van der Waals surface area contributed by atoms with Gasteiger partial charge in [0, 0.05) is 48.3 Å². The Bertz CT molecular complexity index is 2340. The first-order chi connectivity index (χ1) is 27.4. The molecule has 0 unspecified atom stereocenters. The SMILES string of the molecule is [2H]C([2H])(Oc1nc(N2CCOC[C@@H]3[C@H](F)[C@@H]32)c2cnc(-c3cc(N)cc4cc(F)c(F)c(C#C[Si](C(C)C)(C(C)C)C(C)C)c34)c(F)c2n1)[C@@]12CCCN1C[C@H](F)C2. The third-order valence-corrected chi connectivity index (χ3v) is 19.0. The molecule has 14 heteroatoms. The van der Waals surface area contributed by atoms with Crippen molar-refractivity contribution in [2.45, 2.75) is 101 Å². The average molecular weight is 795 g/mol. The molecule has 0 amide bonds. The molecule has 4 aromatic rings. The van der Waals surface area contributed by atoms with Crippen molar-refractivity contribution in [3.63, 3.8) is 0 Å². The predicted molar refractivity (Wildman–Crippen MR) is 211 cm³/mol. The molecule has 0 spiro atoms. The quantitative estimate of drug-likeness (QED) is 0.0823. The van der Waals surface area contributed by atoms with Crippen LogP contribution in [0, 0.1) is 34.8 Å². The van der Waals surface area contributed by atoms with Gasteiger partial charge in [-0.15, -0.1) is 5.54 Å². The van der Waals surface area contributed by atoms with Gasteiger partial charge < -0.3 is 20.1 Å². The first kappa shape index (κ1) is 36.3. The van der Waals surface area contributed by atoms with Crippen LogP contribution in [0.4, 0.5) is 33.5 Å². The minimum Gasteiger partial charge on any atom is -0.461 e. The smallest absolute Gasteiger partial charge is 0.319 e. The average Bonchev–Trinajstić information content (AvgIpc) is 3.50. The number of aromatic nitrogens is 3. The molecule has 298 valence electrons. The van der Waals surface area contributed by atoms with Crippen molar-refractivity contribution in [1.29, 1.82) is 0 Å². The van der Waals surface area contributed by atoms with E-state index >= 15 is 17.6 Å². The highest BCUT2D eigenvalue weighted by atomic mass is 28.3. The van der Waals surface area contributed by atoms with Crippen molar-refractivity contribution in [2.75, 3.05) is 50.0 Å². The van der Waals surface area contributed by atoms with Crippen molar-refractivity contribution in [2.24, 2.45) is 5.92 Å². The lowest BCUT2D eigenvalue weighted by atomic mass is 9.95. The summed E-state index contributed by atoms with van der Waals surface area (Å²) in [5, 5.41) is 0.388. The maximum Gasteiger partial charge on any atom is 0.319 e. The fraction of sp³-hybridized carbons (Fsp3) is 0.548. The van der Waals surface area contributed by atoms with Gasteiger partial charge in [0.1, 0.15) is 44.0 Å². The molecule has 0 radical (unpaired) electrons. The Hall–Kier alpha value is -4.06. The summed E-state index contributed by atoms with van der Waals surface area (Å²) >= 11 is 0. The summed E-state index contributed by atoms with van der Waals surface area (Å²) in [4.78, 5) is 16.9. The topological polar surface area (TPSA) is 89.6 Å². The van der Waals surface area contributed by atoms with E-state index in [0.29, 0.717) is 19.4 Å². The molecule has 2 N–H and O–H groups in total. The zero-order valence-corrected chi connectivity index (χ0v) is 33.5. The lowest BCUT2D eigenvalue weighted by molar-refractivity contribution is 0.107. The Balaban J connectivity index is 1.34. The van der Waals surface area contributed by atoms with E-state index in [4.69, 9.17) is 17.9 Å². The van der Waals surface area contributed by atoms with Crippen LogP contribution in [0.3, 0.4) is 0 Å². The number of alkyl halides is 2. The molecule has 1 saturated carbocycles. The Morgan fingerprint density at radius 1 is 1.05 bits per heavy atom. The van der Waals surface area contributed by atoms with E-state index < -0.39 is 67.9 Å². The van der Waals surface area contributed by atoms with Crippen LogP contribution in [-0.4, -0.2) is 91.3 Å². The molecular formula is C42H49F5N6O2Si. The predicted octanol–water partition coefficient (Wildman–Crippen LogP) is 8.54. The van der Waals surface area contributed by atoms with Gasteiger partial charge in [-0.2, -0.15) is 9.97 Å². The number of benzene rings is 2. The second-order valence-corrected chi connectivity index (χ2v) is 22.4. The summed E-state index contributed by atoms with van der Waals surface area (Å²) in [6.07, 6.45) is -0.308. The number of ether oxygens (including phenoxy) is 2. The van der Waals surface area contributed by atoms with E-state index in [0.717, 1.165) is 6.07 Å². The molecule has 2 aromatic carbocycles. The molecule has 8 rings (SSSR count). The second-order valence-electron chi connectivity index (χ2n) is 16.8. The molecule has 1 aliphatic carbocycles. The van der Waals surface area contributed by atoms with Gasteiger partial charge in [-0.3, -0.25) is 9.88 Å². The van der Waals surface area contributed by atoms with Crippen LogP contribution in [-0.2, 0) is 4.74 Å². The highest BCUT2D eigenvalue weighted by Crippen LogP contribution is 2.46. The normalized spacial score (nSPS) is 26.0. The van der Waals surface area contributed by atoms with Crippen LogP contribution >= 0.6 is 0 Å². The summed E-state index contributed by atoms with van der Waals surface area (Å²) in [6, 6.07) is 2.72. The summed E-state index contributed by atoms with van der Waals surface area (Å²) in [7, 11) is -2.47. The summed E-state index contributed by atoms with van der Waals surface area (Å²) in [6.45, 7) is 11.3. The summed E-state index contributed by atoms with van der Waals surface area (Å²) in [5.41, 5.74) is 8.35. The first-order valence-electron chi connectivity index (χ1n) is 20.6. The van der Waals surface area contributed by atoms with Crippen LogP contribution in [0.5, 0.6) is 6.01 Å². The lowest BCUT2D eigenvalue weighted by Gasteiger charge is -2.38. The molecule has 5 atom stereocenters. The van der Waals surface area contributed by atoms with Gasteiger partial charge in [-0.1, -0.05) is 47.5 Å². The van der Waals surface area contributed by atoms with Crippen LogP contribution in [0.15, 0.2) is 24.4 Å². The number of rotatable bonds is 8. The maximum absolute atomic E-state index is 17.5.